The van der Waals surface area contributed by atoms with Crippen molar-refractivity contribution in [1.29, 1.82) is 0 Å². The van der Waals surface area contributed by atoms with E-state index < -0.39 is 18.0 Å². The molecule has 2 rings (SSSR count). The number of nitrogens with one attached hydrogen (secondary N) is 2. The van der Waals surface area contributed by atoms with Gasteiger partial charge in [-0.1, -0.05) is 5.16 Å². The Labute approximate surface area is 125 Å². The molecule has 1 atom stereocenters. The number of carbonyl (C=O) groups is 3. The van der Waals surface area contributed by atoms with Crippen LogP contribution in [-0.4, -0.2) is 33.9 Å². The lowest BCUT2D eigenvalue weighted by molar-refractivity contribution is -0.123. The number of rotatable bonds is 5. The minimum Gasteiger partial charge on any atom is -0.448 e. The standard InChI is InChI=1S/C14H15N3O5/c1-7-4-12(17-22-7)16-13(19)9(3)21-14(20)11-5-10(6-15-11)8(2)18/h4-6,9,15H,1-3H3,(H,16,17,19)/t9-/m1/s1. The maximum absolute atomic E-state index is 11.9. The lowest BCUT2D eigenvalue weighted by Crippen LogP contribution is -2.30. The van der Waals surface area contributed by atoms with Crippen LogP contribution in [0, 0.1) is 6.92 Å². The van der Waals surface area contributed by atoms with E-state index >= 15 is 0 Å². The van der Waals surface area contributed by atoms with Crippen molar-refractivity contribution in [3.8, 4) is 0 Å². The van der Waals surface area contributed by atoms with Crippen molar-refractivity contribution >= 4 is 23.5 Å². The van der Waals surface area contributed by atoms with Gasteiger partial charge in [-0.3, -0.25) is 9.59 Å². The minimum absolute atomic E-state index is 0.0992. The number of H-pyrrole nitrogens is 1. The molecule has 0 saturated heterocycles. The predicted molar refractivity (Wildman–Crippen MR) is 75.5 cm³/mol. The largest absolute Gasteiger partial charge is 0.448 e. The van der Waals surface area contributed by atoms with Gasteiger partial charge < -0.3 is 19.6 Å². The lowest BCUT2D eigenvalue weighted by Gasteiger charge is -2.11. The van der Waals surface area contributed by atoms with Crippen LogP contribution in [0.2, 0.25) is 0 Å². The Morgan fingerprint density at radius 3 is 2.64 bits per heavy atom. The van der Waals surface area contributed by atoms with E-state index in [0.29, 0.717) is 11.3 Å². The molecule has 0 spiro atoms. The number of hydrogen-bond acceptors (Lipinski definition) is 6. The predicted octanol–water partition coefficient (Wildman–Crippen LogP) is 1.70. The molecule has 0 aliphatic rings. The van der Waals surface area contributed by atoms with Crippen molar-refractivity contribution in [2.75, 3.05) is 5.32 Å². The minimum atomic E-state index is -1.03. The van der Waals surface area contributed by atoms with Gasteiger partial charge in [-0.05, 0) is 26.8 Å². The number of nitrogens with zero attached hydrogens (tertiary/aromatic N) is 1. The number of ether oxygens (including phenoxy) is 1. The van der Waals surface area contributed by atoms with Crippen molar-refractivity contribution in [3.05, 3.63) is 35.3 Å². The van der Waals surface area contributed by atoms with E-state index in [-0.39, 0.29) is 17.3 Å². The molecule has 2 aromatic heterocycles. The summed E-state index contributed by atoms with van der Waals surface area (Å²) in [5.74, 6) is -0.666. The first-order chi connectivity index (χ1) is 10.4. The highest BCUT2D eigenvalue weighted by molar-refractivity contribution is 5.99. The van der Waals surface area contributed by atoms with Gasteiger partial charge >= 0.3 is 5.97 Å². The summed E-state index contributed by atoms with van der Waals surface area (Å²) in [4.78, 5) is 37.5. The zero-order valence-electron chi connectivity index (χ0n) is 12.3. The summed E-state index contributed by atoms with van der Waals surface area (Å²) in [7, 11) is 0. The number of Topliss-reactive ketones (excluding diaryl/α,β-unsaturated/α-hetero) is 1. The number of esters is 1. The lowest BCUT2D eigenvalue weighted by atomic mass is 10.2. The molecule has 0 unspecified atom stereocenters. The van der Waals surface area contributed by atoms with Crippen LogP contribution < -0.4 is 5.32 Å². The second kappa shape index (κ2) is 6.25. The first kappa shape index (κ1) is 15.5. The van der Waals surface area contributed by atoms with Crippen LogP contribution in [0.5, 0.6) is 0 Å². The van der Waals surface area contributed by atoms with E-state index in [9.17, 15) is 14.4 Å². The van der Waals surface area contributed by atoms with Crippen molar-refractivity contribution in [2.45, 2.75) is 26.9 Å². The summed E-state index contributed by atoms with van der Waals surface area (Å²) in [6, 6.07) is 2.91. The van der Waals surface area contributed by atoms with Gasteiger partial charge in [0, 0.05) is 17.8 Å². The molecule has 0 aliphatic heterocycles. The first-order valence-electron chi connectivity index (χ1n) is 6.51. The molecular weight excluding hydrogens is 290 g/mol. The highest BCUT2D eigenvalue weighted by Gasteiger charge is 2.21. The third-order valence-electron chi connectivity index (χ3n) is 2.84. The van der Waals surface area contributed by atoms with E-state index in [1.165, 1.54) is 32.2 Å². The van der Waals surface area contributed by atoms with Gasteiger partial charge in [-0.2, -0.15) is 0 Å². The van der Waals surface area contributed by atoms with Crippen molar-refractivity contribution in [3.63, 3.8) is 0 Å². The highest BCUT2D eigenvalue weighted by Crippen LogP contribution is 2.10. The molecule has 22 heavy (non-hydrogen) atoms. The molecule has 0 aromatic carbocycles. The van der Waals surface area contributed by atoms with Gasteiger partial charge in [0.2, 0.25) is 0 Å². The fraction of sp³-hybridized carbons (Fsp3) is 0.286. The molecule has 2 heterocycles. The van der Waals surface area contributed by atoms with Crippen LogP contribution >= 0.6 is 0 Å². The summed E-state index contributed by atoms with van der Waals surface area (Å²) in [5.41, 5.74) is 0.462. The van der Waals surface area contributed by atoms with Crippen molar-refractivity contribution < 1.29 is 23.6 Å². The molecule has 0 radical (unpaired) electrons. The molecule has 2 N–H and O–H groups in total. The average Bonchev–Trinajstić information content (AvgIpc) is 3.07. The number of aromatic nitrogens is 2. The topological polar surface area (TPSA) is 114 Å². The van der Waals surface area contributed by atoms with Crippen LogP contribution in [0.1, 0.15) is 40.5 Å². The van der Waals surface area contributed by atoms with Gasteiger partial charge in [0.25, 0.3) is 5.91 Å². The number of aryl methyl sites for hydroxylation is 1. The van der Waals surface area contributed by atoms with Gasteiger partial charge in [0.15, 0.2) is 17.7 Å². The Bertz CT molecular complexity index is 716. The Hall–Kier alpha value is -2.90. The Balaban J connectivity index is 1.95. The third-order valence-corrected chi connectivity index (χ3v) is 2.84. The molecule has 1 amide bonds. The zero-order chi connectivity index (χ0) is 16.3. The van der Waals surface area contributed by atoms with E-state index in [0.717, 1.165) is 0 Å². The second-order valence-electron chi connectivity index (χ2n) is 4.72. The van der Waals surface area contributed by atoms with Gasteiger partial charge in [-0.15, -0.1) is 0 Å². The van der Waals surface area contributed by atoms with E-state index in [1.807, 2.05) is 0 Å². The summed E-state index contributed by atoms with van der Waals surface area (Å²) < 4.78 is 9.83. The Kier molecular flexibility index (Phi) is 4.40. The maximum atomic E-state index is 11.9. The number of ketones is 1. The number of aromatic amines is 1. The summed E-state index contributed by atoms with van der Waals surface area (Å²) in [5, 5.41) is 6.06. The summed E-state index contributed by atoms with van der Waals surface area (Å²) in [6.07, 6.45) is 0.371. The fourth-order valence-corrected chi connectivity index (χ4v) is 1.65. The van der Waals surface area contributed by atoms with Gasteiger partial charge in [0.1, 0.15) is 11.5 Å². The molecule has 8 heteroatoms. The van der Waals surface area contributed by atoms with E-state index in [4.69, 9.17) is 9.26 Å². The summed E-state index contributed by atoms with van der Waals surface area (Å²) >= 11 is 0. The fourth-order valence-electron chi connectivity index (χ4n) is 1.65. The number of anilines is 1. The maximum Gasteiger partial charge on any atom is 0.355 e. The smallest absolute Gasteiger partial charge is 0.355 e. The molecule has 0 saturated carbocycles. The molecule has 0 fully saturated rings. The number of hydrogen-bond donors (Lipinski definition) is 2. The van der Waals surface area contributed by atoms with Gasteiger partial charge in [0.05, 0.1) is 0 Å². The summed E-state index contributed by atoms with van der Waals surface area (Å²) in [6.45, 7) is 4.49. The van der Waals surface area contributed by atoms with Crippen molar-refractivity contribution in [1.82, 2.24) is 10.1 Å². The van der Waals surface area contributed by atoms with Crippen LogP contribution in [0.4, 0.5) is 5.82 Å². The van der Waals surface area contributed by atoms with E-state index in [2.05, 4.69) is 15.5 Å². The molecule has 116 valence electrons. The van der Waals surface area contributed by atoms with Crippen molar-refractivity contribution in [2.24, 2.45) is 0 Å². The molecular formula is C14H15N3O5. The average molecular weight is 305 g/mol. The molecule has 0 bridgehead atoms. The SMILES string of the molecule is CC(=O)c1c[nH]c(C(=O)O[C@H](C)C(=O)Nc2cc(C)on2)c1. The first-order valence-corrected chi connectivity index (χ1v) is 6.51. The quantitative estimate of drug-likeness (QED) is 0.642. The van der Waals surface area contributed by atoms with E-state index in [1.54, 1.807) is 6.92 Å². The number of carbonyl (C=O) groups excluding carboxylic acids is 3. The normalized spacial score (nSPS) is 11.8. The third kappa shape index (κ3) is 3.60. The van der Waals surface area contributed by atoms with Crippen LogP contribution in [-0.2, 0) is 9.53 Å². The van der Waals surface area contributed by atoms with Crippen LogP contribution in [0.15, 0.2) is 22.9 Å². The van der Waals surface area contributed by atoms with Crippen LogP contribution in [0.25, 0.3) is 0 Å². The molecule has 2 aromatic rings. The second-order valence-corrected chi connectivity index (χ2v) is 4.72. The molecule has 0 aliphatic carbocycles. The van der Waals surface area contributed by atoms with Gasteiger partial charge in [-0.25, -0.2) is 4.79 Å². The number of amides is 1. The monoisotopic (exact) mass is 305 g/mol. The zero-order valence-corrected chi connectivity index (χ0v) is 12.3. The Morgan fingerprint density at radius 2 is 2.09 bits per heavy atom. The Morgan fingerprint density at radius 1 is 1.36 bits per heavy atom. The molecule has 8 nitrogen and oxygen atoms in total. The highest BCUT2D eigenvalue weighted by atomic mass is 16.5. The van der Waals surface area contributed by atoms with Crippen LogP contribution in [0.3, 0.4) is 0 Å².